The summed E-state index contributed by atoms with van der Waals surface area (Å²) in [5.74, 6) is -0.154. The van der Waals surface area contributed by atoms with Gasteiger partial charge < -0.3 is 5.11 Å². The highest BCUT2D eigenvalue weighted by Crippen LogP contribution is 2.29. The molecule has 0 fully saturated rings. The highest BCUT2D eigenvalue weighted by atomic mass is 35.5. The lowest BCUT2D eigenvalue weighted by atomic mass is 10.2. The third-order valence-corrected chi connectivity index (χ3v) is 5.33. The summed E-state index contributed by atoms with van der Waals surface area (Å²) in [6.07, 6.45) is 0. The van der Waals surface area contributed by atoms with E-state index in [1.54, 1.807) is 36.4 Å². The molecule has 7 heteroatoms. The van der Waals surface area contributed by atoms with Crippen LogP contribution >= 0.6 is 22.9 Å². The molecule has 5 nitrogen and oxygen atoms in total. The lowest BCUT2D eigenvalue weighted by Crippen LogP contribution is -2.19. The van der Waals surface area contributed by atoms with Crippen molar-refractivity contribution in [2.75, 3.05) is 0 Å². The second-order valence-corrected chi connectivity index (χ2v) is 7.00. The van der Waals surface area contributed by atoms with Crippen LogP contribution in [-0.4, -0.2) is 21.7 Å². The molecule has 0 aliphatic heterocycles. The first-order chi connectivity index (χ1) is 12.5. The Morgan fingerprint density at radius 2 is 1.88 bits per heavy atom. The maximum atomic E-state index is 12.2. The van der Waals surface area contributed by atoms with Gasteiger partial charge in [-0.1, -0.05) is 23.7 Å². The van der Waals surface area contributed by atoms with Crippen molar-refractivity contribution in [1.29, 1.82) is 0 Å². The summed E-state index contributed by atoms with van der Waals surface area (Å²) in [5.41, 5.74) is 5.30. The van der Waals surface area contributed by atoms with Crippen LogP contribution in [0.5, 0.6) is 5.75 Å². The zero-order valence-corrected chi connectivity index (χ0v) is 15.7. The molecule has 0 atom stereocenters. The minimum absolute atomic E-state index is 0.210. The Balaban J connectivity index is 1.80. The number of hydrazone groups is 1. The van der Waals surface area contributed by atoms with E-state index in [0.717, 1.165) is 21.1 Å². The molecule has 0 aliphatic rings. The fourth-order valence-electron chi connectivity index (χ4n) is 2.35. The van der Waals surface area contributed by atoms with Gasteiger partial charge in [-0.15, -0.1) is 11.3 Å². The predicted octanol–water partition coefficient (Wildman–Crippen LogP) is 4.63. The van der Waals surface area contributed by atoms with E-state index >= 15 is 0 Å². The molecule has 0 aliphatic carbocycles. The number of hydrogen-bond acceptors (Lipinski definition) is 5. The van der Waals surface area contributed by atoms with Gasteiger partial charge in [0.15, 0.2) is 0 Å². The zero-order valence-electron chi connectivity index (χ0n) is 14.2. The molecule has 0 saturated heterocycles. The van der Waals surface area contributed by atoms with Gasteiger partial charge in [0, 0.05) is 5.56 Å². The van der Waals surface area contributed by atoms with Crippen LogP contribution in [0.2, 0.25) is 5.02 Å². The van der Waals surface area contributed by atoms with Crippen LogP contribution in [0.25, 0.3) is 10.6 Å². The monoisotopic (exact) mass is 385 g/mol. The second kappa shape index (κ2) is 7.68. The summed E-state index contributed by atoms with van der Waals surface area (Å²) in [6.45, 7) is 3.71. The van der Waals surface area contributed by atoms with E-state index in [-0.39, 0.29) is 11.7 Å². The van der Waals surface area contributed by atoms with E-state index in [1.165, 1.54) is 11.3 Å². The van der Waals surface area contributed by atoms with Crippen LogP contribution in [0.15, 0.2) is 53.6 Å². The number of aryl methyl sites for hydroxylation is 1. The van der Waals surface area contributed by atoms with Crippen molar-refractivity contribution >= 4 is 34.6 Å². The lowest BCUT2D eigenvalue weighted by Gasteiger charge is -2.03. The maximum Gasteiger partial charge on any atom is 0.272 e. The molecule has 132 valence electrons. The van der Waals surface area contributed by atoms with Crippen LogP contribution in [0.1, 0.15) is 27.9 Å². The average molecular weight is 386 g/mol. The van der Waals surface area contributed by atoms with Gasteiger partial charge in [0.25, 0.3) is 5.91 Å². The van der Waals surface area contributed by atoms with Gasteiger partial charge in [0.05, 0.1) is 26.9 Å². The van der Waals surface area contributed by atoms with E-state index in [0.29, 0.717) is 16.3 Å². The van der Waals surface area contributed by atoms with Crippen molar-refractivity contribution in [1.82, 2.24) is 10.4 Å². The van der Waals surface area contributed by atoms with Crippen LogP contribution in [0.3, 0.4) is 0 Å². The van der Waals surface area contributed by atoms with E-state index < -0.39 is 0 Å². The van der Waals surface area contributed by atoms with Crippen molar-refractivity contribution < 1.29 is 9.90 Å². The molecule has 0 saturated carbocycles. The van der Waals surface area contributed by atoms with Gasteiger partial charge in [-0.05, 0) is 50.2 Å². The molecule has 0 bridgehead atoms. The molecule has 0 spiro atoms. The summed E-state index contributed by atoms with van der Waals surface area (Å²) in [6, 6.07) is 13.7. The first kappa shape index (κ1) is 18.1. The molecular weight excluding hydrogens is 370 g/mol. The Labute approximate surface area is 160 Å². The summed E-state index contributed by atoms with van der Waals surface area (Å²) in [5, 5.41) is 14.8. The van der Waals surface area contributed by atoms with Crippen molar-refractivity contribution in [2.24, 2.45) is 5.10 Å². The van der Waals surface area contributed by atoms with Gasteiger partial charge in [-0.3, -0.25) is 4.79 Å². The van der Waals surface area contributed by atoms with Crippen LogP contribution < -0.4 is 5.43 Å². The molecule has 3 rings (SSSR count). The maximum absolute atomic E-state index is 12.2. The number of hydrogen-bond donors (Lipinski definition) is 2. The van der Waals surface area contributed by atoms with E-state index in [4.69, 9.17) is 11.6 Å². The van der Waals surface area contributed by atoms with Gasteiger partial charge >= 0.3 is 0 Å². The number of halogens is 1. The van der Waals surface area contributed by atoms with Crippen molar-refractivity contribution in [3.8, 4) is 16.3 Å². The first-order valence-corrected chi connectivity index (χ1v) is 9.01. The van der Waals surface area contributed by atoms with Crippen LogP contribution in [0.4, 0.5) is 0 Å². The third-order valence-electron chi connectivity index (χ3n) is 3.68. The fraction of sp³-hybridized carbons (Fsp3) is 0.105. The number of nitrogens with zero attached hydrogens (tertiary/aromatic N) is 2. The van der Waals surface area contributed by atoms with Gasteiger partial charge in [-0.25, -0.2) is 10.4 Å². The van der Waals surface area contributed by atoms with Crippen molar-refractivity contribution in [3.63, 3.8) is 0 Å². The normalized spacial score (nSPS) is 11.4. The quantitative estimate of drug-likeness (QED) is 0.507. The summed E-state index contributed by atoms with van der Waals surface area (Å²) in [7, 11) is 0. The van der Waals surface area contributed by atoms with Gasteiger partial charge in [0.1, 0.15) is 10.8 Å². The molecule has 0 unspecified atom stereocenters. The number of rotatable bonds is 4. The number of phenolic OH excluding ortho intramolecular Hbond substituents is 1. The average Bonchev–Trinajstić information content (AvgIpc) is 3.02. The number of benzene rings is 2. The van der Waals surface area contributed by atoms with Gasteiger partial charge in [-0.2, -0.15) is 5.10 Å². The van der Waals surface area contributed by atoms with E-state index in [1.807, 2.05) is 26.0 Å². The highest BCUT2D eigenvalue weighted by molar-refractivity contribution is 7.17. The molecule has 3 aromatic rings. The molecule has 26 heavy (non-hydrogen) atoms. The van der Waals surface area contributed by atoms with Crippen molar-refractivity contribution in [3.05, 3.63) is 69.7 Å². The Morgan fingerprint density at radius 1 is 1.19 bits per heavy atom. The van der Waals surface area contributed by atoms with E-state index in [9.17, 15) is 9.90 Å². The number of thiazole rings is 1. The smallest absolute Gasteiger partial charge is 0.272 e. The number of phenols is 1. The zero-order chi connectivity index (χ0) is 18.7. The van der Waals surface area contributed by atoms with Gasteiger partial charge in [0.2, 0.25) is 0 Å². The molecule has 1 heterocycles. The van der Waals surface area contributed by atoms with Crippen LogP contribution in [0, 0.1) is 6.92 Å². The Kier molecular flexibility index (Phi) is 5.35. The summed E-state index contributed by atoms with van der Waals surface area (Å²) < 4.78 is 0. The second-order valence-electron chi connectivity index (χ2n) is 5.60. The topological polar surface area (TPSA) is 74.6 Å². The third kappa shape index (κ3) is 3.92. The lowest BCUT2D eigenvalue weighted by molar-refractivity contribution is 0.0955. The number of aromatic hydroxyl groups is 1. The van der Waals surface area contributed by atoms with E-state index in [2.05, 4.69) is 15.5 Å². The minimum atomic E-state index is -0.365. The fourth-order valence-corrected chi connectivity index (χ4v) is 3.59. The Bertz CT molecular complexity index is 981. The highest BCUT2D eigenvalue weighted by Gasteiger charge is 2.13. The molecule has 2 aromatic carbocycles. The molecule has 2 N–H and O–H groups in total. The Hall–Kier alpha value is -2.70. The van der Waals surface area contributed by atoms with Crippen LogP contribution in [-0.2, 0) is 0 Å². The largest absolute Gasteiger partial charge is 0.508 e. The molecular formula is C19H16ClN3O2S. The summed E-state index contributed by atoms with van der Waals surface area (Å²) >= 11 is 7.50. The molecule has 0 radical (unpaired) electrons. The number of aromatic nitrogens is 1. The van der Waals surface area contributed by atoms with Crippen molar-refractivity contribution in [2.45, 2.75) is 13.8 Å². The SMILES string of the molecule is C/C(=N\NC(=O)c1ccccc1Cl)c1sc(-c2ccc(O)cc2)nc1C. The number of carbonyl (C=O) groups is 1. The summed E-state index contributed by atoms with van der Waals surface area (Å²) in [4.78, 5) is 17.6. The first-order valence-electron chi connectivity index (χ1n) is 7.82. The number of nitrogens with one attached hydrogen (secondary N) is 1. The molecule has 1 amide bonds. The predicted molar refractivity (Wildman–Crippen MR) is 105 cm³/mol. The standard InChI is InChI=1S/C19H16ClN3O2S/c1-11-17(26-19(21-11)13-7-9-14(24)10-8-13)12(2)22-23-18(25)15-5-3-4-6-16(15)20/h3-10,24H,1-2H3,(H,23,25)/b22-12+. The molecule has 1 aromatic heterocycles. The number of carbonyl (C=O) groups excluding carboxylic acids is 1. The number of amides is 1. The minimum Gasteiger partial charge on any atom is -0.508 e. The Morgan fingerprint density at radius 3 is 2.58 bits per heavy atom.